The first-order chi connectivity index (χ1) is 16.2. The van der Waals surface area contributed by atoms with E-state index in [0.717, 1.165) is 43.0 Å². The van der Waals surface area contributed by atoms with Crippen LogP contribution in [0.1, 0.15) is 30.7 Å². The summed E-state index contributed by atoms with van der Waals surface area (Å²) < 4.78 is 3.83. The SMILES string of the molecule is CC=Nc1ccc(Sc2nnc3ccc(-c4cnn(C)c4)cn23)cc1-c1cnc(C2CC2)s1. The van der Waals surface area contributed by atoms with Crippen molar-refractivity contribution in [3.8, 4) is 21.6 Å². The Bertz CT molecular complexity index is 1490. The second-order valence-electron chi connectivity index (χ2n) is 8.04. The fraction of sp³-hybridized carbons (Fsp3) is 0.208. The maximum atomic E-state index is 4.67. The standard InChI is InChI=1S/C24H21N7S2/c1-3-25-20-8-7-18(10-19(20)21-12-26-23(33-21)15-4-5-15)32-24-29-28-22-9-6-16(14-31(22)24)17-11-27-30(2)13-17/h3,6-15H,4-5H2,1-2H3. The summed E-state index contributed by atoms with van der Waals surface area (Å²) in [6.07, 6.45) is 12.3. The second kappa shape index (κ2) is 8.24. The lowest BCUT2D eigenvalue weighted by atomic mass is 10.1. The predicted octanol–water partition coefficient (Wildman–Crippen LogP) is 6.00. The number of hydrogen-bond acceptors (Lipinski definition) is 7. The lowest BCUT2D eigenvalue weighted by Crippen LogP contribution is -1.89. The van der Waals surface area contributed by atoms with E-state index in [-0.39, 0.29) is 0 Å². The van der Waals surface area contributed by atoms with Crippen LogP contribution in [-0.2, 0) is 7.05 Å². The van der Waals surface area contributed by atoms with Gasteiger partial charge in [-0.3, -0.25) is 14.1 Å². The van der Waals surface area contributed by atoms with Crippen LogP contribution < -0.4 is 0 Å². The summed E-state index contributed by atoms with van der Waals surface area (Å²) in [6, 6.07) is 10.4. The summed E-state index contributed by atoms with van der Waals surface area (Å²) >= 11 is 3.38. The summed E-state index contributed by atoms with van der Waals surface area (Å²) in [6.45, 7) is 1.94. The molecule has 0 aliphatic heterocycles. The first-order valence-corrected chi connectivity index (χ1v) is 12.4. The molecule has 0 bridgehead atoms. The van der Waals surface area contributed by atoms with Gasteiger partial charge in [-0.1, -0.05) is 0 Å². The first kappa shape index (κ1) is 20.3. The van der Waals surface area contributed by atoms with Crippen LogP contribution in [0.25, 0.3) is 27.2 Å². The van der Waals surface area contributed by atoms with Gasteiger partial charge >= 0.3 is 0 Å². The molecule has 0 N–H and O–H groups in total. The molecular weight excluding hydrogens is 450 g/mol. The number of hydrogen-bond donors (Lipinski definition) is 0. The van der Waals surface area contributed by atoms with Gasteiger partial charge in [-0.2, -0.15) is 5.10 Å². The highest BCUT2D eigenvalue weighted by Crippen LogP contribution is 2.45. The molecule has 9 heteroatoms. The maximum absolute atomic E-state index is 4.67. The number of rotatable bonds is 6. The van der Waals surface area contributed by atoms with Gasteiger partial charge in [0.2, 0.25) is 0 Å². The molecule has 1 saturated carbocycles. The summed E-state index contributed by atoms with van der Waals surface area (Å²) in [5, 5.41) is 15.1. The maximum Gasteiger partial charge on any atom is 0.200 e. The van der Waals surface area contributed by atoms with Crippen molar-refractivity contribution < 1.29 is 0 Å². The van der Waals surface area contributed by atoms with Crippen LogP contribution in [0.3, 0.4) is 0 Å². The van der Waals surface area contributed by atoms with Crippen molar-refractivity contribution in [1.82, 2.24) is 29.4 Å². The molecule has 0 amide bonds. The van der Waals surface area contributed by atoms with Crippen molar-refractivity contribution in [2.75, 3.05) is 0 Å². The van der Waals surface area contributed by atoms with E-state index in [0.29, 0.717) is 5.92 Å². The Labute approximate surface area is 199 Å². The number of aryl methyl sites for hydroxylation is 1. The molecule has 1 aliphatic rings. The molecule has 5 aromatic rings. The Morgan fingerprint density at radius 1 is 1.09 bits per heavy atom. The van der Waals surface area contributed by atoms with E-state index in [1.807, 2.05) is 55.3 Å². The van der Waals surface area contributed by atoms with Gasteiger partial charge in [0.25, 0.3) is 0 Å². The van der Waals surface area contributed by atoms with Gasteiger partial charge in [0.15, 0.2) is 10.8 Å². The van der Waals surface area contributed by atoms with Crippen molar-refractivity contribution in [3.63, 3.8) is 0 Å². The molecule has 33 heavy (non-hydrogen) atoms. The number of fused-ring (bicyclic) bond motifs is 1. The number of thiazole rings is 1. The minimum absolute atomic E-state index is 0.649. The Hall–Kier alpha value is -3.30. The number of pyridine rings is 1. The number of nitrogens with zero attached hydrogens (tertiary/aromatic N) is 7. The number of aliphatic imine (C=N–C) groups is 1. The summed E-state index contributed by atoms with van der Waals surface area (Å²) in [5.41, 5.74) is 5.01. The van der Waals surface area contributed by atoms with E-state index in [1.54, 1.807) is 27.8 Å². The van der Waals surface area contributed by atoms with E-state index in [1.165, 1.54) is 17.8 Å². The Balaban J connectivity index is 1.36. The average Bonchev–Trinajstić information content (AvgIpc) is 3.20. The number of benzene rings is 1. The lowest BCUT2D eigenvalue weighted by molar-refractivity contribution is 0.768. The zero-order chi connectivity index (χ0) is 22.4. The third-order valence-electron chi connectivity index (χ3n) is 5.57. The second-order valence-corrected chi connectivity index (χ2v) is 10.1. The molecule has 0 atom stereocenters. The van der Waals surface area contributed by atoms with Gasteiger partial charge in [-0.15, -0.1) is 21.5 Å². The van der Waals surface area contributed by atoms with Crippen LogP contribution in [-0.4, -0.2) is 35.6 Å². The molecule has 0 radical (unpaired) electrons. The molecule has 1 fully saturated rings. The zero-order valence-electron chi connectivity index (χ0n) is 18.2. The summed E-state index contributed by atoms with van der Waals surface area (Å²) in [5.74, 6) is 0.649. The van der Waals surface area contributed by atoms with E-state index in [2.05, 4.69) is 49.7 Å². The van der Waals surface area contributed by atoms with Crippen LogP contribution in [0.5, 0.6) is 0 Å². The molecule has 6 rings (SSSR count). The minimum Gasteiger partial charge on any atom is -0.277 e. The van der Waals surface area contributed by atoms with E-state index < -0.39 is 0 Å². The summed E-state index contributed by atoms with van der Waals surface area (Å²) in [7, 11) is 1.92. The molecule has 1 aliphatic carbocycles. The molecule has 4 heterocycles. The fourth-order valence-corrected chi connectivity index (χ4v) is 5.71. The van der Waals surface area contributed by atoms with Gasteiger partial charge in [0.05, 0.1) is 21.8 Å². The van der Waals surface area contributed by atoms with Gasteiger partial charge in [-0.05, 0) is 61.9 Å². The van der Waals surface area contributed by atoms with Crippen LogP contribution in [0.15, 0.2) is 70.2 Å². The predicted molar refractivity (Wildman–Crippen MR) is 133 cm³/mol. The van der Waals surface area contributed by atoms with Crippen LogP contribution in [0, 0.1) is 0 Å². The molecule has 0 spiro atoms. The van der Waals surface area contributed by atoms with Crippen LogP contribution in [0.2, 0.25) is 0 Å². The highest BCUT2D eigenvalue weighted by molar-refractivity contribution is 7.99. The summed E-state index contributed by atoms with van der Waals surface area (Å²) in [4.78, 5) is 11.5. The Morgan fingerprint density at radius 3 is 2.79 bits per heavy atom. The zero-order valence-corrected chi connectivity index (χ0v) is 19.8. The Morgan fingerprint density at radius 2 is 2.00 bits per heavy atom. The average molecular weight is 472 g/mol. The van der Waals surface area contributed by atoms with E-state index >= 15 is 0 Å². The van der Waals surface area contributed by atoms with E-state index in [4.69, 9.17) is 0 Å². The monoisotopic (exact) mass is 471 g/mol. The van der Waals surface area contributed by atoms with Crippen molar-refractivity contribution >= 4 is 40.6 Å². The van der Waals surface area contributed by atoms with E-state index in [9.17, 15) is 0 Å². The molecule has 4 aromatic heterocycles. The highest BCUT2D eigenvalue weighted by Gasteiger charge is 2.27. The van der Waals surface area contributed by atoms with Gasteiger partial charge < -0.3 is 0 Å². The van der Waals surface area contributed by atoms with Gasteiger partial charge in [0, 0.05) is 59.4 Å². The molecule has 1 aromatic carbocycles. The first-order valence-electron chi connectivity index (χ1n) is 10.8. The van der Waals surface area contributed by atoms with Crippen LogP contribution in [0.4, 0.5) is 5.69 Å². The lowest BCUT2D eigenvalue weighted by Gasteiger charge is -2.07. The number of aromatic nitrogens is 6. The quantitative estimate of drug-likeness (QED) is 0.284. The fourth-order valence-electron chi connectivity index (χ4n) is 3.74. The van der Waals surface area contributed by atoms with Gasteiger partial charge in [-0.25, -0.2) is 4.98 Å². The van der Waals surface area contributed by atoms with Crippen molar-refractivity contribution in [2.45, 2.75) is 35.7 Å². The van der Waals surface area contributed by atoms with Gasteiger partial charge in [0.1, 0.15) is 0 Å². The molecule has 7 nitrogen and oxygen atoms in total. The van der Waals surface area contributed by atoms with Crippen molar-refractivity contribution in [1.29, 1.82) is 0 Å². The normalized spacial score (nSPS) is 14.0. The molecular formula is C24H21N7S2. The third-order valence-corrected chi connectivity index (χ3v) is 7.71. The minimum atomic E-state index is 0.649. The largest absolute Gasteiger partial charge is 0.277 e. The van der Waals surface area contributed by atoms with Crippen LogP contribution >= 0.6 is 23.1 Å². The Kier molecular flexibility index (Phi) is 5.07. The van der Waals surface area contributed by atoms with Crippen molar-refractivity contribution in [2.24, 2.45) is 12.0 Å². The molecule has 0 unspecified atom stereocenters. The molecule has 0 saturated heterocycles. The highest BCUT2D eigenvalue weighted by atomic mass is 32.2. The smallest absolute Gasteiger partial charge is 0.200 e. The molecule has 164 valence electrons. The third kappa shape index (κ3) is 3.98. The topological polar surface area (TPSA) is 73.3 Å². The van der Waals surface area contributed by atoms with Crippen molar-refractivity contribution in [3.05, 3.63) is 60.1 Å².